The van der Waals surface area contributed by atoms with Crippen LogP contribution in [0.2, 0.25) is 0 Å². The van der Waals surface area contributed by atoms with E-state index in [-0.39, 0.29) is 30.6 Å². The van der Waals surface area contributed by atoms with Gasteiger partial charge in [-0.3, -0.25) is 4.72 Å². The number of anilines is 1. The number of ether oxygens (including phenoxy) is 2. The molecule has 4 rings (SSSR count). The van der Waals surface area contributed by atoms with Crippen LogP contribution in [0, 0.1) is 0 Å². The van der Waals surface area contributed by atoms with Gasteiger partial charge in [-0.1, -0.05) is 36.4 Å². The van der Waals surface area contributed by atoms with Crippen molar-refractivity contribution in [2.75, 3.05) is 30.7 Å². The number of phenolic OH excluding ortho intramolecular Hbond substituents is 1. The summed E-state index contributed by atoms with van der Waals surface area (Å²) >= 11 is 0. The molecule has 0 heterocycles. The van der Waals surface area contributed by atoms with Gasteiger partial charge < -0.3 is 25.0 Å². The summed E-state index contributed by atoms with van der Waals surface area (Å²) in [5.41, 5.74) is 3.67. The fourth-order valence-electron chi connectivity index (χ4n) is 4.51. The number of fused-ring (bicyclic) bond motifs is 1. The third-order valence-electron chi connectivity index (χ3n) is 6.26. The first-order valence-electron chi connectivity index (χ1n) is 12.4. The minimum absolute atomic E-state index is 0.0393. The average molecular weight is 527 g/mol. The molecule has 0 aromatic heterocycles. The lowest BCUT2D eigenvalue weighted by atomic mass is 9.82. The van der Waals surface area contributed by atoms with E-state index in [9.17, 15) is 18.6 Å². The molecule has 1 aliphatic carbocycles. The van der Waals surface area contributed by atoms with Crippen LogP contribution in [0.25, 0.3) is 0 Å². The van der Waals surface area contributed by atoms with Gasteiger partial charge in [0, 0.05) is 19.2 Å². The van der Waals surface area contributed by atoms with Crippen LogP contribution in [0.15, 0.2) is 66.7 Å². The highest BCUT2D eigenvalue weighted by Gasteiger charge is 2.21. The van der Waals surface area contributed by atoms with Crippen LogP contribution in [0.5, 0.6) is 17.2 Å². The number of phenols is 1. The smallest absolute Gasteiger partial charge is 0.229 e. The Balaban J connectivity index is 1.30. The van der Waals surface area contributed by atoms with Crippen molar-refractivity contribution in [3.8, 4) is 17.2 Å². The molecule has 9 heteroatoms. The minimum Gasteiger partial charge on any atom is -0.508 e. The molecule has 1 unspecified atom stereocenters. The number of aromatic hydroxyl groups is 1. The van der Waals surface area contributed by atoms with E-state index in [1.165, 1.54) is 11.1 Å². The molecule has 0 bridgehead atoms. The molecular weight excluding hydrogens is 492 g/mol. The van der Waals surface area contributed by atoms with Crippen LogP contribution < -0.4 is 19.5 Å². The predicted molar refractivity (Wildman–Crippen MR) is 144 cm³/mol. The van der Waals surface area contributed by atoms with Crippen LogP contribution in [-0.4, -0.2) is 50.7 Å². The first-order valence-corrected chi connectivity index (χ1v) is 14.3. The summed E-state index contributed by atoms with van der Waals surface area (Å²) in [6.07, 6.45) is 3.47. The average Bonchev–Trinajstić information content (AvgIpc) is 2.87. The fourth-order valence-corrected chi connectivity index (χ4v) is 5.07. The third kappa shape index (κ3) is 8.11. The summed E-state index contributed by atoms with van der Waals surface area (Å²) in [5, 5.41) is 23.6. The lowest BCUT2D eigenvalue weighted by molar-refractivity contribution is 0.106. The van der Waals surface area contributed by atoms with Gasteiger partial charge in [-0.25, -0.2) is 8.42 Å². The second-order valence-electron chi connectivity index (χ2n) is 9.40. The van der Waals surface area contributed by atoms with Crippen molar-refractivity contribution in [1.82, 2.24) is 5.32 Å². The maximum absolute atomic E-state index is 11.9. The summed E-state index contributed by atoms with van der Waals surface area (Å²) in [6.45, 7) is 1.37. The van der Waals surface area contributed by atoms with Crippen LogP contribution in [0.3, 0.4) is 0 Å². The van der Waals surface area contributed by atoms with Gasteiger partial charge in [0.25, 0.3) is 0 Å². The number of aliphatic hydroxyl groups is 1. The largest absolute Gasteiger partial charge is 0.508 e. The van der Waals surface area contributed by atoms with Crippen LogP contribution in [-0.2, 0) is 23.1 Å². The Morgan fingerprint density at radius 1 is 1.05 bits per heavy atom. The molecule has 0 saturated carbocycles. The molecule has 8 nitrogen and oxygen atoms in total. The summed E-state index contributed by atoms with van der Waals surface area (Å²) in [4.78, 5) is 0. The summed E-state index contributed by atoms with van der Waals surface area (Å²) < 4.78 is 37.8. The van der Waals surface area contributed by atoms with Gasteiger partial charge in [-0.2, -0.15) is 0 Å². The van der Waals surface area contributed by atoms with Crippen LogP contribution >= 0.6 is 0 Å². The number of aliphatic hydroxyl groups excluding tert-OH is 1. The second kappa shape index (κ2) is 12.3. The summed E-state index contributed by atoms with van der Waals surface area (Å²) in [5.74, 6) is 1.36. The molecule has 0 radical (unpaired) electrons. The first kappa shape index (κ1) is 26.8. The van der Waals surface area contributed by atoms with Crippen molar-refractivity contribution < 1.29 is 28.1 Å². The highest BCUT2D eigenvalue weighted by atomic mass is 32.2. The van der Waals surface area contributed by atoms with Gasteiger partial charge in [0.15, 0.2) is 0 Å². The summed E-state index contributed by atoms with van der Waals surface area (Å²) in [6, 6.07) is 20.0. The number of benzene rings is 3. The van der Waals surface area contributed by atoms with Gasteiger partial charge in [0.1, 0.15) is 36.6 Å². The van der Waals surface area contributed by atoms with Crippen molar-refractivity contribution in [3.63, 3.8) is 0 Å². The number of sulfonamides is 1. The molecular formula is C28H34N2O6S. The van der Waals surface area contributed by atoms with E-state index in [4.69, 9.17) is 9.47 Å². The van der Waals surface area contributed by atoms with Crippen molar-refractivity contribution >= 4 is 15.7 Å². The van der Waals surface area contributed by atoms with E-state index in [0.29, 0.717) is 24.6 Å². The van der Waals surface area contributed by atoms with Crippen molar-refractivity contribution in [2.45, 2.75) is 37.9 Å². The van der Waals surface area contributed by atoms with Crippen molar-refractivity contribution in [3.05, 3.63) is 83.4 Å². The summed E-state index contributed by atoms with van der Waals surface area (Å²) in [7, 11) is -3.54. The maximum Gasteiger partial charge on any atom is 0.229 e. The van der Waals surface area contributed by atoms with Crippen LogP contribution in [0.1, 0.15) is 35.4 Å². The molecule has 3 aromatic carbocycles. The van der Waals surface area contributed by atoms with Gasteiger partial charge in [-0.05, 0) is 66.1 Å². The van der Waals surface area contributed by atoms with E-state index in [1.807, 2.05) is 42.5 Å². The molecule has 0 spiro atoms. The molecule has 198 valence electrons. The van der Waals surface area contributed by atoms with Gasteiger partial charge in [0.2, 0.25) is 10.0 Å². The van der Waals surface area contributed by atoms with E-state index in [2.05, 4.69) is 10.0 Å². The van der Waals surface area contributed by atoms with E-state index >= 15 is 0 Å². The third-order valence-corrected chi connectivity index (χ3v) is 6.86. The normalized spacial score (nSPS) is 16.0. The highest BCUT2D eigenvalue weighted by molar-refractivity contribution is 7.92. The van der Waals surface area contributed by atoms with Crippen LogP contribution in [0.4, 0.5) is 5.69 Å². The minimum atomic E-state index is -3.54. The number of aryl methyl sites for hydroxylation is 1. The van der Waals surface area contributed by atoms with E-state index in [0.717, 1.165) is 31.1 Å². The van der Waals surface area contributed by atoms with Gasteiger partial charge in [-0.15, -0.1) is 0 Å². The molecule has 1 aliphatic rings. The molecule has 0 aliphatic heterocycles. The van der Waals surface area contributed by atoms with E-state index < -0.39 is 16.1 Å². The Morgan fingerprint density at radius 2 is 1.86 bits per heavy atom. The Bertz CT molecular complexity index is 1280. The Labute approximate surface area is 218 Å². The number of hydrogen-bond donors (Lipinski definition) is 4. The number of hydrogen-bond acceptors (Lipinski definition) is 7. The zero-order valence-corrected chi connectivity index (χ0v) is 21.7. The molecule has 3 aromatic rings. The standard InChI is InChI=1S/C28H34N2O6S/c1-37(33,34)30-27-15-25(12-13-28(27)36-18-20-6-3-2-4-7-20)35-19-24(32)17-29-16-22-9-5-8-21-10-11-23(31)14-26(21)22/h2-4,6-7,10-15,22,24,29-32H,5,8-9,16-19H2,1H3/t22?,24-/m1/s1. The quantitative estimate of drug-likeness (QED) is 0.284. The molecule has 0 saturated heterocycles. The van der Waals surface area contributed by atoms with Gasteiger partial charge >= 0.3 is 0 Å². The Kier molecular flexibility index (Phi) is 8.91. The topological polar surface area (TPSA) is 117 Å². The zero-order chi connectivity index (χ0) is 26.3. The lowest BCUT2D eigenvalue weighted by Crippen LogP contribution is -2.34. The second-order valence-corrected chi connectivity index (χ2v) is 11.2. The maximum atomic E-state index is 11.9. The number of nitrogens with one attached hydrogen (secondary N) is 2. The van der Waals surface area contributed by atoms with Gasteiger partial charge in [0.05, 0.1) is 11.9 Å². The fraction of sp³-hybridized carbons (Fsp3) is 0.357. The Hall–Kier alpha value is -3.27. The number of rotatable bonds is 12. The first-order chi connectivity index (χ1) is 17.8. The zero-order valence-electron chi connectivity index (χ0n) is 20.9. The molecule has 37 heavy (non-hydrogen) atoms. The molecule has 4 N–H and O–H groups in total. The predicted octanol–water partition coefficient (Wildman–Crippen LogP) is 3.79. The van der Waals surface area contributed by atoms with Crippen molar-refractivity contribution in [2.24, 2.45) is 0 Å². The lowest BCUT2D eigenvalue weighted by Gasteiger charge is -2.26. The molecule has 0 fully saturated rings. The Morgan fingerprint density at radius 3 is 2.65 bits per heavy atom. The monoisotopic (exact) mass is 526 g/mol. The molecule has 0 amide bonds. The molecule has 2 atom stereocenters. The SMILES string of the molecule is CS(=O)(=O)Nc1cc(OC[C@H](O)CNCC2CCCc3ccc(O)cc32)ccc1OCc1ccccc1. The highest BCUT2D eigenvalue weighted by Crippen LogP contribution is 2.33. The van der Waals surface area contributed by atoms with Crippen molar-refractivity contribution in [1.29, 1.82) is 0 Å². The van der Waals surface area contributed by atoms with E-state index in [1.54, 1.807) is 24.3 Å².